The number of aryl methyl sites for hydroxylation is 1. The largest absolute Gasteiger partial charge is 0.396 e. The van der Waals surface area contributed by atoms with Gasteiger partial charge in [-0.25, -0.2) is 0 Å². The minimum Gasteiger partial charge on any atom is -0.396 e. The van der Waals surface area contributed by atoms with Crippen molar-refractivity contribution in [3.05, 3.63) is 21.9 Å². The van der Waals surface area contributed by atoms with E-state index < -0.39 is 0 Å². The van der Waals surface area contributed by atoms with Gasteiger partial charge < -0.3 is 10.4 Å². The number of amides is 1. The Balaban J connectivity index is 1.91. The Labute approximate surface area is 93.1 Å². The van der Waals surface area contributed by atoms with Gasteiger partial charge in [0.05, 0.1) is 12.2 Å². The zero-order valence-electron chi connectivity index (χ0n) is 8.75. The van der Waals surface area contributed by atoms with E-state index in [0.717, 1.165) is 24.0 Å². The van der Waals surface area contributed by atoms with Gasteiger partial charge in [0.1, 0.15) is 0 Å². The predicted molar refractivity (Wildman–Crippen MR) is 60.1 cm³/mol. The molecule has 0 spiro atoms. The highest BCUT2D eigenvalue weighted by molar-refractivity contribution is 7.08. The van der Waals surface area contributed by atoms with Gasteiger partial charge in [-0.2, -0.15) is 11.3 Å². The average Bonchev–Trinajstić information content (AvgIpc) is 2.91. The van der Waals surface area contributed by atoms with Crippen LogP contribution in [0.25, 0.3) is 0 Å². The van der Waals surface area contributed by atoms with Crippen LogP contribution in [0.2, 0.25) is 0 Å². The second kappa shape index (κ2) is 3.94. The van der Waals surface area contributed by atoms with Crippen molar-refractivity contribution in [2.24, 2.45) is 5.41 Å². The number of carbonyl (C=O) groups is 1. The zero-order valence-corrected chi connectivity index (χ0v) is 9.56. The molecule has 1 aromatic heterocycles. The first-order chi connectivity index (χ1) is 7.17. The normalized spacial score (nSPS) is 17.5. The van der Waals surface area contributed by atoms with Gasteiger partial charge in [0.25, 0.3) is 5.91 Å². The van der Waals surface area contributed by atoms with Gasteiger partial charge in [0.15, 0.2) is 0 Å². The average molecular weight is 225 g/mol. The smallest absolute Gasteiger partial charge is 0.252 e. The number of thiophene rings is 1. The fourth-order valence-electron chi connectivity index (χ4n) is 1.52. The van der Waals surface area contributed by atoms with E-state index in [2.05, 4.69) is 5.32 Å². The van der Waals surface area contributed by atoms with Crippen LogP contribution in [-0.4, -0.2) is 24.2 Å². The van der Waals surface area contributed by atoms with E-state index in [1.165, 1.54) is 11.3 Å². The van der Waals surface area contributed by atoms with E-state index >= 15 is 0 Å². The van der Waals surface area contributed by atoms with Gasteiger partial charge in [-0.15, -0.1) is 0 Å². The maximum atomic E-state index is 11.7. The van der Waals surface area contributed by atoms with Crippen LogP contribution in [0.1, 0.15) is 28.8 Å². The molecule has 1 fully saturated rings. The van der Waals surface area contributed by atoms with Gasteiger partial charge in [-0.1, -0.05) is 0 Å². The Morgan fingerprint density at radius 2 is 2.33 bits per heavy atom. The SMILES string of the molecule is Cc1cscc1C(=O)NCC1(CO)CC1. The molecule has 1 heterocycles. The van der Waals surface area contributed by atoms with Crippen molar-refractivity contribution in [2.75, 3.05) is 13.2 Å². The molecule has 82 valence electrons. The minimum absolute atomic E-state index is 0.0143. The molecule has 1 aliphatic rings. The summed E-state index contributed by atoms with van der Waals surface area (Å²) < 4.78 is 0. The van der Waals surface area contributed by atoms with Crippen molar-refractivity contribution >= 4 is 17.2 Å². The van der Waals surface area contributed by atoms with Crippen molar-refractivity contribution in [1.82, 2.24) is 5.32 Å². The van der Waals surface area contributed by atoms with Crippen molar-refractivity contribution in [3.8, 4) is 0 Å². The van der Waals surface area contributed by atoms with Crippen LogP contribution < -0.4 is 5.32 Å². The number of rotatable bonds is 4. The summed E-state index contributed by atoms with van der Waals surface area (Å²) in [6, 6.07) is 0. The zero-order chi connectivity index (χ0) is 10.9. The number of aliphatic hydroxyl groups excluding tert-OH is 1. The summed E-state index contributed by atoms with van der Waals surface area (Å²) in [4.78, 5) is 11.7. The van der Waals surface area contributed by atoms with Crippen LogP contribution in [0.4, 0.5) is 0 Å². The highest BCUT2D eigenvalue weighted by atomic mass is 32.1. The third-order valence-electron chi connectivity index (χ3n) is 3.02. The summed E-state index contributed by atoms with van der Waals surface area (Å²) in [6.07, 6.45) is 2.04. The fraction of sp³-hybridized carbons (Fsp3) is 0.545. The Hall–Kier alpha value is -0.870. The van der Waals surface area contributed by atoms with Crippen LogP contribution in [0.3, 0.4) is 0 Å². The molecule has 0 bridgehead atoms. The van der Waals surface area contributed by atoms with Crippen LogP contribution in [0.5, 0.6) is 0 Å². The molecule has 2 rings (SSSR count). The number of nitrogens with one attached hydrogen (secondary N) is 1. The lowest BCUT2D eigenvalue weighted by atomic mass is 10.1. The van der Waals surface area contributed by atoms with Gasteiger partial charge in [0, 0.05) is 17.3 Å². The molecule has 15 heavy (non-hydrogen) atoms. The molecule has 1 saturated carbocycles. The summed E-state index contributed by atoms with van der Waals surface area (Å²) in [7, 11) is 0. The van der Waals surface area contributed by atoms with Crippen LogP contribution >= 0.6 is 11.3 Å². The molecule has 0 atom stereocenters. The van der Waals surface area contributed by atoms with Gasteiger partial charge in [-0.3, -0.25) is 4.79 Å². The first kappa shape index (κ1) is 10.6. The van der Waals surface area contributed by atoms with Crippen LogP contribution in [-0.2, 0) is 0 Å². The molecule has 0 unspecified atom stereocenters. The maximum Gasteiger partial charge on any atom is 0.252 e. The molecule has 1 amide bonds. The van der Waals surface area contributed by atoms with E-state index in [-0.39, 0.29) is 17.9 Å². The Morgan fingerprint density at radius 1 is 1.60 bits per heavy atom. The van der Waals surface area contributed by atoms with Gasteiger partial charge >= 0.3 is 0 Å². The molecule has 0 aliphatic heterocycles. The molecule has 1 aliphatic carbocycles. The lowest BCUT2D eigenvalue weighted by Crippen LogP contribution is -2.31. The summed E-state index contributed by atoms with van der Waals surface area (Å²) in [6.45, 7) is 2.71. The number of aliphatic hydroxyl groups is 1. The highest BCUT2D eigenvalue weighted by Crippen LogP contribution is 2.44. The second-order valence-corrected chi connectivity index (χ2v) is 5.05. The summed E-state index contributed by atoms with van der Waals surface area (Å²) in [5.74, 6) is -0.0199. The molecular weight excluding hydrogens is 210 g/mol. The van der Waals surface area contributed by atoms with E-state index in [1.807, 2.05) is 17.7 Å². The van der Waals surface area contributed by atoms with Gasteiger partial charge in [0.2, 0.25) is 0 Å². The molecule has 4 heteroatoms. The molecule has 1 aromatic rings. The predicted octanol–water partition coefficient (Wildman–Crippen LogP) is 1.56. The monoisotopic (exact) mass is 225 g/mol. The lowest BCUT2D eigenvalue weighted by Gasteiger charge is -2.12. The number of hydrogen-bond donors (Lipinski definition) is 2. The standard InChI is InChI=1S/C11H15NO2S/c1-8-4-15-5-9(8)10(14)12-6-11(7-13)2-3-11/h4-5,13H,2-3,6-7H2,1H3,(H,12,14). The van der Waals surface area contributed by atoms with Crippen molar-refractivity contribution in [3.63, 3.8) is 0 Å². The summed E-state index contributed by atoms with van der Waals surface area (Å²) in [5, 5.41) is 15.8. The van der Waals surface area contributed by atoms with E-state index in [1.54, 1.807) is 0 Å². The first-order valence-corrected chi connectivity index (χ1v) is 6.03. The first-order valence-electron chi connectivity index (χ1n) is 5.09. The Morgan fingerprint density at radius 3 is 2.80 bits per heavy atom. The van der Waals surface area contributed by atoms with Gasteiger partial charge in [-0.05, 0) is 30.7 Å². The third kappa shape index (κ3) is 2.21. The fourth-order valence-corrected chi connectivity index (χ4v) is 2.35. The summed E-state index contributed by atoms with van der Waals surface area (Å²) in [5.41, 5.74) is 1.76. The molecular formula is C11H15NO2S. The topological polar surface area (TPSA) is 49.3 Å². The Kier molecular flexibility index (Phi) is 2.80. The van der Waals surface area contributed by atoms with E-state index in [4.69, 9.17) is 5.11 Å². The second-order valence-electron chi connectivity index (χ2n) is 4.31. The Bertz CT molecular complexity index is 368. The molecule has 3 nitrogen and oxygen atoms in total. The van der Waals surface area contributed by atoms with E-state index in [9.17, 15) is 4.79 Å². The van der Waals surface area contributed by atoms with E-state index in [0.29, 0.717) is 6.54 Å². The maximum absolute atomic E-state index is 11.7. The number of hydrogen-bond acceptors (Lipinski definition) is 3. The highest BCUT2D eigenvalue weighted by Gasteiger charge is 2.42. The third-order valence-corrected chi connectivity index (χ3v) is 3.88. The van der Waals surface area contributed by atoms with Crippen molar-refractivity contribution in [2.45, 2.75) is 19.8 Å². The molecule has 2 N–H and O–H groups in total. The van der Waals surface area contributed by atoms with Crippen molar-refractivity contribution in [1.29, 1.82) is 0 Å². The number of carbonyl (C=O) groups excluding carboxylic acids is 1. The minimum atomic E-state index is -0.0199. The van der Waals surface area contributed by atoms with Crippen LogP contribution in [0, 0.1) is 12.3 Å². The van der Waals surface area contributed by atoms with Crippen LogP contribution in [0.15, 0.2) is 10.8 Å². The van der Waals surface area contributed by atoms with Crippen molar-refractivity contribution < 1.29 is 9.90 Å². The molecule has 0 aromatic carbocycles. The quantitative estimate of drug-likeness (QED) is 0.817. The molecule has 0 radical (unpaired) electrons. The summed E-state index contributed by atoms with van der Waals surface area (Å²) >= 11 is 1.54. The molecule has 0 saturated heterocycles. The lowest BCUT2D eigenvalue weighted by molar-refractivity contribution is 0.0935.